The van der Waals surface area contributed by atoms with Crippen LogP contribution in [0.1, 0.15) is 18.4 Å². The predicted molar refractivity (Wildman–Crippen MR) is 118 cm³/mol. The minimum Gasteiger partial charge on any atom is -0.368 e. The lowest BCUT2D eigenvalue weighted by atomic mass is 9.96. The number of nitrogens with zero attached hydrogens (tertiary/aromatic N) is 3. The number of benzene rings is 2. The van der Waals surface area contributed by atoms with E-state index in [4.69, 9.17) is 0 Å². The summed E-state index contributed by atoms with van der Waals surface area (Å²) in [7, 11) is -3.88. The summed E-state index contributed by atoms with van der Waals surface area (Å²) in [4.78, 5) is 16.9. The van der Waals surface area contributed by atoms with Crippen LogP contribution in [0, 0.1) is 18.7 Å². The molecule has 166 valence electrons. The number of sulfonamides is 1. The second-order valence-electron chi connectivity index (χ2n) is 8.26. The standard InChI is InChI=1S/C23H28FN3O3S/c1-18-5-4-6-20(17-18)25-13-15-26(16-14-25)23(28)19-9-11-27(12-10-19)31(29,30)22-8-3-2-7-21(22)24/h2-8,17,19H,9-16H2,1H3. The van der Waals surface area contributed by atoms with Crippen molar-refractivity contribution < 1.29 is 17.6 Å². The van der Waals surface area contributed by atoms with Gasteiger partial charge in [-0.3, -0.25) is 4.79 Å². The summed E-state index contributed by atoms with van der Waals surface area (Å²) in [6, 6.07) is 13.8. The minimum absolute atomic E-state index is 0.104. The number of carbonyl (C=O) groups is 1. The maximum Gasteiger partial charge on any atom is 0.245 e. The van der Waals surface area contributed by atoms with Crippen molar-refractivity contribution in [3.8, 4) is 0 Å². The summed E-state index contributed by atoms with van der Waals surface area (Å²) in [6.07, 6.45) is 0.926. The van der Waals surface area contributed by atoms with Crippen LogP contribution in [0.3, 0.4) is 0 Å². The molecular formula is C23H28FN3O3S. The molecule has 0 aromatic heterocycles. The molecule has 0 saturated carbocycles. The van der Waals surface area contributed by atoms with Gasteiger partial charge < -0.3 is 9.80 Å². The fourth-order valence-corrected chi connectivity index (χ4v) is 5.94. The number of halogens is 1. The van der Waals surface area contributed by atoms with E-state index < -0.39 is 15.8 Å². The minimum atomic E-state index is -3.88. The highest BCUT2D eigenvalue weighted by atomic mass is 32.2. The molecule has 1 amide bonds. The van der Waals surface area contributed by atoms with Crippen LogP contribution < -0.4 is 4.90 Å². The number of aryl methyl sites for hydroxylation is 1. The van der Waals surface area contributed by atoms with Crippen LogP contribution in [-0.4, -0.2) is 62.8 Å². The Labute approximate surface area is 183 Å². The molecule has 2 aromatic carbocycles. The number of hydrogen-bond donors (Lipinski definition) is 0. The molecule has 0 radical (unpaired) electrons. The highest BCUT2D eigenvalue weighted by Gasteiger charge is 2.35. The van der Waals surface area contributed by atoms with Crippen molar-refractivity contribution in [3.05, 3.63) is 59.9 Å². The first-order chi connectivity index (χ1) is 14.9. The van der Waals surface area contributed by atoms with Crippen LogP contribution in [-0.2, 0) is 14.8 Å². The lowest BCUT2D eigenvalue weighted by molar-refractivity contribution is -0.137. The molecule has 4 rings (SSSR count). The summed E-state index contributed by atoms with van der Waals surface area (Å²) in [5, 5.41) is 0. The first-order valence-electron chi connectivity index (χ1n) is 10.7. The summed E-state index contributed by atoms with van der Waals surface area (Å²) in [5.74, 6) is -0.823. The Balaban J connectivity index is 1.32. The van der Waals surface area contributed by atoms with Gasteiger partial charge in [0.05, 0.1) is 0 Å². The van der Waals surface area contributed by atoms with E-state index in [9.17, 15) is 17.6 Å². The molecule has 0 unspecified atom stereocenters. The number of rotatable bonds is 4. The van der Waals surface area contributed by atoms with E-state index in [2.05, 4.69) is 30.0 Å². The Kier molecular flexibility index (Phi) is 6.29. The Morgan fingerprint density at radius 3 is 2.26 bits per heavy atom. The number of anilines is 1. The van der Waals surface area contributed by atoms with Gasteiger partial charge in [0.15, 0.2) is 0 Å². The summed E-state index contributed by atoms with van der Waals surface area (Å²) >= 11 is 0. The SMILES string of the molecule is Cc1cccc(N2CCN(C(=O)C3CCN(S(=O)(=O)c4ccccc4F)CC3)CC2)c1. The van der Waals surface area contributed by atoms with Crippen molar-refractivity contribution in [2.75, 3.05) is 44.2 Å². The van der Waals surface area contributed by atoms with Crippen LogP contribution in [0.4, 0.5) is 10.1 Å². The van der Waals surface area contributed by atoms with Gasteiger partial charge in [0.2, 0.25) is 15.9 Å². The zero-order chi connectivity index (χ0) is 22.0. The molecular weight excluding hydrogens is 417 g/mol. The van der Waals surface area contributed by atoms with Gasteiger partial charge >= 0.3 is 0 Å². The topological polar surface area (TPSA) is 60.9 Å². The van der Waals surface area contributed by atoms with Gasteiger partial charge in [0.1, 0.15) is 10.7 Å². The molecule has 0 N–H and O–H groups in total. The molecule has 0 bridgehead atoms. The van der Waals surface area contributed by atoms with Crippen molar-refractivity contribution in [1.29, 1.82) is 0 Å². The average Bonchev–Trinajstić information content (AvgIpc) is 2.79. The van der Waals surface area contributed by atoms with Gasteiger partial charge in [-0.15, -0.1) is 0 Å². The summed E-state index contributed by atoms with van der Waals surface area (Å²) < 4.78 is 40.8. The van der Waals surface area contributed by atoms with Gasteiger partial charge in [-0.1, -0.05) is 24.3 Å². The molecule has 2 heterocycles. The van der Waals surface area contributed by atoms with Gasteiger partial charge in [-0.05, 0) is 49.6 Å². The van der Waals surface area contributed by atoms with Crippen molar-refractivity contribution in [2.45, 2.75) is 24.7 Å². The number of hydrogen-bond acceptors (Lipinski definition) is 4. The molecule has 0 atom stereocenters. The van der Waals surface area contributed by atoms with E-state index in [0.29, 0.717) is 25.9 Å². The van der Waals surface area contributed by atoms with E-state index in [0.717, 1.165) is 19.2 Å². The maximum atomic E-state index is 14.0. The van der Waals surface area contributed by atoms with Gasteiger partial charge in [-0.2, -0.15) is 4.31 Å². The van der Waals surface area contributed by atoms with Crippen LogP contribution in [0.2, 0.25) is 0 Å². The Bertz CT molecular complexity index is 1040. The Morgan fingerprint density at radius 2 is 1.61 bits per heavy atom. The number of amides is 1. The van der Waals surface area contributed by atoms with Gasteiger partial charge in [0, 0.05) is 50.9 Å². The zero-order valence-electron chi connectivity index (χ0n) is 17.7. The molecule has 2 saturated heterocycles. The van der Waals surface area contributed by atoms with E-state index in [1.807, 2.05) is 11.0 Å². The van der Waals surface area contributed by atoms with E-state index in [-0.39, 0.29) is 29.8 Å². The fraction of sp³-hybridized carbons (Fsp3) is 0.435. The Hall–Kier alpha value is -2.45. The molecule has 2 aliphatic heterocycles. The number of piperazine rings is 1. The fourth-order valence-electron chi connectivity index (χ4n) is 4.40. The first kappa shape index (κ1) is 21.8. The van der Waals surface area contributed by atoms with E-state index >= 15 is 0 Å². The van der Waals surface area contributed by atoms with Gasteiger partial charge in [0.25, 0.3) is 0 Å². The summed E-state index contributed by atoms with van der Waals surface area (Å²) in [5.41, 5.74) is 2.40. The molecule has 2 aliphatic rings. The van der Waals surface area contributed by atoms with Crippen molar-refractivity contribution >= 4 is 21.6 Å². The molecule has 0 spiro atoms. The highest BCUT2D eigenvalue weighted by Crippen LogP contribution is 2.27. The van der Waals surface area contributed by atoms with Crippen LogP contribution >= 0.6 is 0 Å². The monoisotopic (exact) mass is 445 g/mol. The van der Waals surface area contributed by atoms with Crippen LogP contribution in [0.15, 0.2) is 53.4 Å². The average molecular weight is 446 g/mol. The molecule has 2 aromatic rings. The molecule has 6 nitrogen and oxygen atoms in total. The highest BCUT2D eigenvalue weighted by molar-refractivity contribution is 7.89. The molecule has 0 aliphatic carbocycles. The number of piperidine rings is 1. The third kappa shape index (κ3) is 4.60. The normalized spacial score (nSPS) is 18.9. The van der Waals surface area contributed by atoms with E-state index in [1.165, 1.54) is 33.8 Å². The second kappa shape index (κ2) is 8.96. The third-order valence-corrected chi connectivity index (χ3v) is 8.15. The predicted octanol–water partition coefficient (Wildman–Crippen LogP) is 2.88. The smallest absolute Gasteiger partial charge is 0.245 e. The van der Waals surface area contributed by atoms with Crippen LogP contribution in [0.25, 0.3) is 0 Å². The second-order valence-corrected chi connectivity index (χ2v) is 10.2. The first-order valence-corrected chi connectivity index (χ1v) is 12.2. The summed E-state index contributed by atoms with van der Waals surface area (Å²) in [6.45, 7) is 5.45. The Morgan fingerprint density at radius 1 is 0.935 bits per heavy atom. The molecule has 8 heteroatoms. The largest absolute Gasteiger partial charge is 0.368 e. The van der Waals surface area contributed by atoms with Gasteiger partial charge in [-0.25, -0.2) is 12.8 Å². The van der Waals surface area contributed by atoms with Crippen molar-refractivity contribution in [3.63, 3.8) is 0 Å². The lowest BCUT2D eigenvalue weighted by Crippen LogP contribution is -2.52. The van der Waals surface area contributed by atoms with Crippen LogP contribution in [0.5, 0.6) is 0 Å². The molecule has 31 heavy (non-hydrogen) atoms. The quantitative estimate of drug-likeness (QED) is 0.726. The molecule has 2 fully saturated rings. The maximum absolute atomic E-state index is 14.0. The zero-order valence-corrected chi connectivity index (χ0v) is 18.5. The number of carbonyl (C=O) groups excluding carboxylic acids is 1. The van der Waals surface area contributed by atoms with Crippen molar-refractivity contribution in [1.82, 2.24) is 9.21 Å². The lowest BCUT2D eigenvalue weighted by Gasteiger charge is -2.39. The third-order valence-electron chi connectivity index (χ3n) is 6.22. The van der Waals surface area contributed by atoms with E-state index in [1.54, 1.807) is 0 Å². The van der Waals surface area contributed by atoms with Crippen molar-refractivity contribution in [2.24, 2.45) is 5.92 Å².